The summed E-state index contributed by atoms with van der Waals surface area (Å²) >= 11 is 0. The molecule has 92 valence electrons. The number of amides is 1. The number of rotatable bonds is 0. The van der Waals surface area contributed by atoms with Gasteiger partial charge in [0.1, 0.15) is 5.60 Å². The maximum Gasteiger partial charge on any atom is 0.410 e. The lowest BCUT2D eigenvalue weighted by molar-refractivity contribution is 0.0225. The lowest BCUT2D eigenvalue weighted by Gasteiger charge is -2.44. The number of likely N-dealkylation sites (tertiary alicyclic amines) is 1. The number of carbonyl (C=O) groups excluding carboxylic acids is 1. The topological polar surface area (TPSA) is 55.6 Å². The largest absolute Gasteiger partial charge is 0.444 e. The summed E-state index contributed by atoms with van der Waals surface area (Å²) in [7, 11) is 0. The lowest BCUT2D eigenvalue weighted by Crippen LogP contribution is -2.52. The number of nitrogens with zero attached hydrogens (tertiary/aromatic N) is 1. The second-order valence-electron chi connectivity index (χ2n) is 6.16. The van der Waals surface area contributed by atoms with Gasteiger partial charge in [-0.3, -0.25) is 0 Å². The van der Waals surface area contributed by atoms with E-state index in [4.69, 9.17) is 10.5 Å². The van der Waals surface area contributed by atoms with Crippen molar-refractivity contribution in [2.24, 2.45) is 11.1 Å². The first-order valence-corrected chi connectivity index (χ1v) is 6.06. The fraction of sp³-hybridized carbons (Fsp3) is 0.917. The predicted octanol–water partition coefficient (Wildman–Crippen LogP) is 1.73. The Kier molecular flexibility index (Phi) is 2.65. The van der Waals surface area contributed by atoms with Crippen molar-refractivity contribution in [2.45, 2.75) is 51.7 Å². The highest BCUT2D eigenvalue weighted by Crippen LogP contribution is 2.47. The van der Waals surface area contributed by atoms with Crippen LogP contribution in [-0.4, -0.2) is 35.7 Å². The Hall–Kier alpha value is -0.770. The molecule has 2 aliphatic rings. The Balaban J connectivity index is 1.91. The second-order valence-corrected chi connectivity index (χ2v) is 6.16. The Morgan fingerprint density at radius 1 is 1.44 bits per heavy atom. The molecule has 1 saturated carbocycles. The molecule has 16 heavy (non-hydrogen) atoms. The highest BCUT2D eigenvalue weighted by Gasteiger charge is 2.50. The third kappa shape index (κ3) is 2.03. The zero-order valence-electron chi connectivity index (χ0n) is 10.5. The summed E-state index contributed by atoms with van der Waals surface area (Å²) in [5.41, 5.74) is 5.83. The first-order chi connectivity index (χ1) is 7.32. The molecule has 0 aromatic rings. The summed E-state index contributed by atoms with van der Waals surface area (Å²) < 4.78 is 5.36. The van der Waals surface area contributed by atoms with E-state index in [0.29, 0.717) is 0 Å². The summed E-state index contributed by atoms with van der Waals surface area (Å²) in [6, 6.07) is 0.278. The van der Waals surface area contributed by atoms with Gasteiger partial charge < -0.3 is 15.4 Å². The van der Waals surface area contributed by atoms with Gasteiger partial charge in [0.2, 0.25) is 0 Å². The molecule has 1 amide bonds. The monoisotopic (exact) mass is 226 g/mol. The van der Waals surface area contributed by atoms with E-state index in [1.54, 1.807) is 0 Å². The van der Waals surface area contributed by atoms with E-state index >= 15 is 0 Å². The van der Waals surface area contributed by atoms with Crippen LogP contribution < -0.4 is 5.73 Å². The molecule has 0 bridgehead atoms. The SMILES string of the molecule is CC(C)(C)OC(=O)N1CCC2(CCC2N)C1. The number of hydrogen-bond acceptors (Lipinski definition) is 3. The van der Waals surface area contributed by atoms with Crippen LogP contribution in [0.4, 0.5) is 4.79 Å². The van der Waals surface area contributed by atoms with Crippen LogP contribution in [0.3, 0.4) is 0 Å². The third-order valence-electron chi connectivity index (χ3n) is 3.78. The average molecular weight is 226 g/mol. The van der Waals surface area contributed by atoms with Gasteiger partial charge in [0.05, 0.1) is 0 Å². The molecule has 0 aromatic carbocycles. The molecule has 0 radical (unpaired) electrons. The molecule has 4 nitrogen and oxygen atoms in total. The standard InChI is InChI=1S/C12H22N2O2/c1-11(2,3)16-10(15)14-7-6-12(8-14)5-4-9(12)13/h9H,4-8,13H2,1-3H3. The van der Waals surface area contributed by atoms with Gasteiger partial charge in [-0.1, -0.05) is 0 Å². The van der Waals surface area contributed by atoms with E-state index in [1.165, 1.54) is 0 Å². The third-order valence-corrected chi connectivity index (χ3v) is 3.78. The first kappa shape index (κ1) is 11.7. The Morgan fingerprint density at radius 3 is 2.50 bits per heavy atom. The van der Waals surface area contributed by atoms with E-state index in [-0.39, 0.29) is 17.6 Å². The molecule has 2 fully saturated rings. The average Bonchev–Trinajstić information content (AvgIpc) is 2.59. The Morgan fingerprint density at radius 2 is 2.12 bits per heavy atom. The van der Waals surface area contributed by atoms with Gasteiger partial charge in [-0.25, -0.2) is 4.79 Å². The molecule has 2 N–H and O–H groups in total. The van der Waals surface area contributed by atoms with Crippen LogP contribution in [0, 0.1) is 5.41 Å². The summed E-state index contributed by atoms with van der Waals surface area (Å²) in [6.07, 6.45) is 3.10. The molecule has 1 spiro atoms. The van der Waals surface area contributed by atoms with E-state index in [0.717, 1.165) is 32.4 Å². The van der Waals surface area contributed by atoms with E-state index < -0.39 is 5.60 Å². The highest BCUT2D eigenvalue weighted by molar-refractivity contribution is 5.68. The number of hydrogen-bond donors (Lipinski definition) is 1. The van der Waals surface area contributed by atoms with Crippen LogP contribution in [0.15, 0.2) is 0 Å². The molecule has 2 rings (SSSR count). The van der Waals surface area contributed by atoms with Gasteiger partial charge >= 0.3 is 6.09 Å². The summed E-state index contributed by atoms with van der Waals surface area (Å²) in [4.78, 5) is 13.7. The predicted molar refractivity (Wildman–Crippen MR) is 62.1 cm³/mol. The fourth-order valence-electron chi connectivity index (χ4n) is 2.60. The molecule has 2 unspecified atom stereocenters. The van der Waals surface area contributed by atoms with E-state index in [2.05, 4.69) is 0 Å². The van der Waals surface area contributed by atoms with Gasteiger partial charge in [-0.2, -0.15) is 0 Å². The fourth-order valence-corrected chi connectivity index (χ4v) is 2.60. The van der Waals surface area contributed by atoms with Gasteiger partial charge in [0.25, 0.3) is 0 Å². The number of ether oxygens (including phenoxy) is 1. The molecule has 4 heteroatoms. The van der Waals surface area contributed by atoms with E-state index in [9.17, 15) is 4.79 Å². The van der Waals surface area contributed by atoms with Crippen molar-refractivity contribution in [3.8, 4) is 0 Å². The van der Waals surface area contributed by atoms with E-state index in [1.807, 2.05) is 25.7 Å². The lowest BCUT2D eigenvalue weighted by atomic mass is 9.64. The molecule has 0 aromatic heterocycles. The number of carbonyl (C=O) groups is 1. The van der Waals surface area contributed by atoms with Crippen molar-refractivity contribution in [2.75, 3.05) is 13.1 Å². The molecular formula is C12H22N2O2. The molecule has 1 aliphatic heterocycles. The van der Waals surface area contributed by atoms with Gasteiger partial charge in [-0.05, 0) is 40.0 Å². The van der Waals surface area contributed by atoms with Crippen LogP contribution >= 0.6 is 0 Å². The molecule has 1 aliphatic carbocycles. The van der Waals surface area contributed by atoms with Crippen molar-refractivity contribution in [3.05, 3.63) is 0 Å². The minimum absolute atomic E-state index is 0.191. The van der Waals surface area contributed by atoms with Gasteiger partial charge in [0.15, 0.2) is 0 Å². The number of nitrogens with two attached hydrogens (primary N) is 1. The summed E-state index contributed by atoms with van der Waals surface area (Å²) in [6.45, 7) is 7.26. The minimum atomic E-state index is -0.408. The van der Waals surface area contributed by atoms with Crippen molar-refractivity contribution in [1.29, 1.82) is 0 Å². The molecule has 2 atom stereocenters. The quantitative estimate of drug-likeness (QED) is 0.684. The molecule has 1 saturated heterocycles. The van der Waals surface area contributed by atoms with Crippen molar-refractivity contribution >= 4 is 6.09 Å². The Bertz CT molecular complexity index is 298. The maximum atomic E-state index is 11.9. The maximum absolute atomic E-state index is 11.9. The summed E-state index contributed by atoms with van der Waals surface area (Å²) in [5.74, 6) is 0. The highest BCUT2D eigenvalue weighted by atomic mass is 16.6. The van der Waals surface area contributed by atoms with Crippen molar-refractivity contribution in [1.82, 2.24) is 4.90 Å². The van der Waals surface area contributed by atoms with Crippen molar-refractivity contribution < 1.29 is 9.53 Å². The second kappa shape index (κ2) is 3.62. The van der Waals surface area contributed by atoms with Crippen LogP contribution in [0.2, 0.25) is 0 Å². The smallest absolute Gasteiger partial charge is 0.410 e. The van der Waals surface area contributed by atoms with Crippen molar-refractivity contribution in [3.63, 3.8) is 0 Å². The van der Waals surface area contributed by atoms with Crippen LogP contribution in [0.1, 0.15) is 40.0 Å². The zero-order valence-corrected chi connectivity index (χ0v) is 10.5. The molecular weight excluding hydrogens is 204 g/mol. The normalized spacial score (nSPS) is 34.0. The van der Waals surface area contributed by atoms with Crippen LogP contribution in [-0.2, 0) is 4.74 Å². The van der Waals surface area contributed by atoms with Crippen LogP contribution in [0.25, 0.3) is 0 Å². The first-order valence-electron chi connectivity index (χ1n) is 6.06. The van der Waals surface area contributed by atoms with Gasteiger partial charge in [0, 0.05) is 24.5 Å². The zero-order chi connectivity index (χ0) is 12.0. The van der Waals surface area contributed by atoms with Crippen LogP contribution in [0.5, 0.6) is 0 Å². The Labute approximate surface area is 97.1 Å². The van der Waals surface area contributed by atoms with Gasteiger partial charge in [-0.15, -0.1) is 0 Å². The minimum Gasteiger partial charge on any atom is -0.444 e. The molecule has 1 heterocycles. The summed E-state index contributed by atoms with van der Waals surface area (Å²) in [5, 5.41) is 0.